The fourth-order valence-electron chi connectivity index (χ4n) is 1.88. The number of rotatable bonds is 2. The quantitative estimate of drug-likeness (QED) is 0.624. The molecule has 1 nitrogen and oxygen atoms in total. The molecule has 0 saturated carbocycles. The van der Waals surface area contributed by atoms with Crippen molar-refractivity contribution in [1.29, 1.82) is 0 Å². The summed E-state index contributed by atoms with van der Waals surface area (Å²) in [6.07, 6.45) is 3.89. The Morgan fingerprint density at radius 1 is 1.25 bits per heavy atom. The fourth-order valence-corrected chi connectivity index (χ4v) is 1.88. The van der Waals surface area contributed by atoms with Crippen molar-refractivity contribution in [3.8, 4) is 0 Å². The summed E-state index contributed by atoms with van der Waals surface area (Å²) >= 11 is 0. The molecule has 0 radical (unpaired) electrons. The van der Waals surface area contributed by atoms with Crippen LogP contribution < -0.4 is 5.32 Å². The molecule has 0 aromatic rings. The van der Waals surface area contributed by atoms with Crippen LogP contribution in [0, 0.1) is 5.92 Å². The average Bonchev–Trinajstić information content (AvgIpc) is 2.17. The van der Waals surface area contributed by atoms with Crippen molar-refractivity contribution in [3.63, 3.8) is 0 Å². The molecule has 0 aromatic heterocycles. The van der Waals surface area contributed by atoms with Crippen molar-refractivity contribution in [3.05, 3.63) is 11.1 Å². The monoisotopic (exact) mass is 167 g/mol. The van der Waals surface area contributed by atoms with E-state index < -0.39 is 0 Å². The van der Waals surface area contributed by atoms with Crippen LogP contribution in [0.2, 0.25) is 0 Å². The van der Waals surface area contributed by atoms with Crippen LogP contribution in [0.1, 0.15) is 40.0 Å². The highest BCUT2D eigenvalue weighted by molar-refractivity contribution is 5.13. The van der Waals surface area contributed by atoms with E-state index in [4.69, 9.17) is 0 Å². The molecule has 0 aliphatic carbocycles. The van der Waals surface area contributed by atoms with Crippen molar-refractivity contribution in [2.24, 2.45) is 5.92 Å². The van der Waals surface area contributed by atoms with Crippen LogP contribution in [0.15, 0.2) is 11.1 Å². The first kappa shape index (κ1) is 9.79. The van der Waals surface area contributed by atoms with Gasteiger partial charge in [-0.2, -0.15) is 0 Å². The molecule has 70 valence electrons. The van der Waals surface area contributed by atoms with E-state index in [-0.39, 0.29) is 0 Å². The molecule has 1 rings (SSSR count). The topological polar surface area (TPSA) is 12.0 Å². The Kier molecular flexibility index (Phi) is 3.80. The van der Waals surface area contributed by atoms with E-state index in [9.17, 15) is 0 Å². The SMILES string of the molecule is CC/C(C)=C(\C)C1CCNCC1. The van der Waals surface area contributed by atoms with Crippen LogP contribution >= 0.6 is 0 Å². The first-order valence-electron chi connectivity index (χ1n) is 5.12. The van der Waals surface area contributed by atoms with E-state index in [2.05, 4.69) is 26.1 Å². The van der Waals surface area contributed by atoms with Gasteiger partial charge in [0.15, 0.2) is 0 Å². The lowest BCUT2D eigenvalue weighted by Crippen LogP contribution is -2.28. The molecule has 1 aliphatic heterocycles. The zero-order valence-electron chi connectivity index (χ0n) is 8.61. The summed E-state index contributed by atoms with van der Waals surface area (Å²) < 4.78 is 0. The van der Waals surface area contributed by atoms with Crippen molar-refractivity contribution in [2.75, 3.05) is 13.1 Å². The molecule has 0 amide bonds. The third kappa shape index (κ3) is 2.34. The molecular weight excluding hydrogens is 146 g/mol. The summed E-state index contributed by atoms with van der Waals surface area (Å²) in [6.45, 7) is 9.25. The normalized spacial score (nSPS) is 22.2. The summed E-state index contributed by atoms with van der Waals surface area (Å²) in [7, 11) is 0. The first-order chi connectivity index (χ1) is 5.75. The van der Waals surface area contributed by atoms with E-state index in [0.717, 1.165) is 5.92 Å². The molecule has 0 bridgehead atoms. The van der Waals surface area contributed by atoms with Gasteiger partial charge < -0.3 is 5.32 Å². The van der Waals surface area contributed by atoms with Gasteiger partial charge in [-0.05, 0) is 52.1 Å². The van der Waals surface area contributed by atoms with Crippen LogP contribution in [-0.2, 0) is 0 Å². The Balaban J connectivity index is 2.55. The Labute approximate surface area is 76.2 Å². The largest absolute Gasteiger partial charge is 0.317 e. The van der Waals surface area contributed by atoms with E-state index in [0.29, 0.717) is 0 Å². The van der Waals surface area contributed by atoms with Crippen molar-refractivity contribution < 1.29 is 0 Å². The summed E-state index contributed by atoms with van der Waals surface area (Å²) in [6, 6.07) is 0. The third-order valence-corrected chi connectivity index (χ3v) is 3.16. The van der Waals surface area contributed by atoms with Gasteiger partial charge in [0.2, 0.25) is 0 Å². The van der Waals surface area contributed by atoms with Gasteiger partial charge in [0.25, 0.3) is 0 Å². The zero-order valence-corrected chi connectivity index (χ0v) is 8.61. The molecule has 12 heavy (non-hydrogen) atoms. The van der Waals surface area contributed by atoms with E-state index in [1.54, 1.807) is 11.1 Å². The van der Waals surface area contributed by atoms with Gasteiger partial charge in [-0.3, -0.25) is 0 Å². The maximum absolute atomic E-state index is 3.40. The number of nitrogens with one attached hydrogen (secondary N) is 1. The van der Waals surface area contributed by atoms with Gasteiger partial charge in [-0.1, -0.05) is 18.1 Å². The number of allylic oxidation sites excluding steroid dienone is 2. The van der Waals surface area contributed by atoms with Crippen LogP contribution in [0.25, 0.3) is 0 Å². The lowest BCUT2D eigenvalue weighted by Gasteiger charge is -2.24. The second kappa shape index (κ2) is 4.66. The van der Waals surface area contributed by atoms with Gasteiger partial charge in [0.1, 0.15) is 0 Å². The number of hydrogen-bond acceptors (Lipinski definition) is 1. The predicted octanol–water partition coefficient (Wildman–Crippen LogP) is 2.73. The second-order valence-corrected chi connectivity index (χ2v) is 3.84. The highest BCUT2D eigenvalue weighted by atomic mass is 14.9. The third-order valence-electron chi connectivity index (χ3n) is 3.16. The molecule has 1 heterocycles. The zero-order chi connectivity index (χ0) is 8.97. The molecule has 1 aliphatic rings. The molecule has 1 fully saturated rings. The van der Waals surface area contributed by atoms with Crippen molar-refractivity contribution in [1.82, 2.24) is 5.32 Å². The van der Waals surface area contributed by atoms with Gasteiger partial charge >= 0.3 is 0 Å². The molecule has 1 N–H and O–H groups in total. The summed E-state index contributed by atoms with van der Waals surface area (Å²) in [4.78, 5) is 0. The van der Waals surface area contributed by atoms with Gasteiger partial charge in [0, 0.05) is 0 Å². The molecule has 0 atom stereocenters. The van der Waals surface area contributed by atoms with E-state index in [1.807, 2.05) is 0 Å². The summed E-state index contributed by atoms with van der Waals surface area (Å²) in [5.41, 5.74) is 3.25. The van der Waals surface area contributed by atoms with Crippen LogP contribution in [-0.4, -0.2) is 13.1 Å². The lowest BCUT2D eigenvalue weighted by molar-refractivity contribution is 0.417. The van der Waals surface area contributed by atoms with Crippen LogP contribution in [0.4, 0.5) is 0 Å². The lowest BCUT2D eigenvalue weighted by atomic mass is 9.88. The van der Waals surface area contributed by atoms with Gasteiger partial charge in [-0.15, -0.1) is 0 Å². The number of piperidine rings is 1. The molecular formula is C11H21N. The highest BCUT2D eigenvalue weighted by Crippen LogP contribution is 2.24. The minimum absolute atomic E-state index is 0.867. The Morgan fingerprint density at radius 3 is 2.33 bits per heavy atom. The molecule has 1 saturated heterocycles. The van der Waals surface area contributed by atoms with E-state index >= 15 is 0 Å². The Bertz CT molecular complexity index is 164. The van der Waals surface area contributed by atoms with Crippen molar-refractivity contribution in [2.45, 2.75) is 40.0 Å². The maximum Gasteiger partial charge on any atom is -0.00432 e. The van der Waals surface area contributed by atoms with Crippen LogP contribution in [0.5, 0.6) is 0 Å². The first-order valence-corrected chi connectivity index (χ1v) is 5.12. The smallest absolute Gasteiger partial charge is 0.00432 e. The fraction of sp³-hybridized carbons (Fsp3) is 0.818. The minimum Gasteiger partial charge on any atom is -0.317 e. The predicted molar refractivity (Wildman–Crippen MR) is 54.3 cm³/mol. The molecule has 0 unspecified atom stereocenters. The van der Waals surface area contributed by atoms with Gasteiger partial charge in [-0.25, -0.2) is 0 Å². The molecule has 0 spiro atoms. The standard InChI is InChI=1S/C11H21N/c1-4-9(2)10(3)11-5-7-12-8-6-11/h11-12H,4-8H2,1-3H3/b10-9+. The molecule has 1 heteroatoms. The average molecular weight is 167 g/mol. The van der Waals surface area contributed by atoms with E-state index in [1.165, 1.54) is 32.4 Å². The molecule has 0 aromatic carbocycles. The summed E-state index contributed by atoms with van der Waals surface area (Å²) in [5, 5.41) is 3.40. The highest BCUT2D eigenvalue weighted by Gasteiger charge is 2.15. The van der Waals surface area contributed by atoms with Crippen LogP contribution in [0.3, 0.4) is 0 Å². The Hall–Kier alpha value is -0.300. The summed E-state index contributed by atoms with van der Waals surface area (Å²) in [5.74, 6) is 0.867. The maximum atomic E-state index is 3.40. The van der Waals surface area contributed by atoms with Gasteiger partial charge in [0.05, 0.1) is 0 Å². The second-order valence-electron chi connectivity index (χ2n) is 3.84. The van der Waals surface area contributed by atoms with Crippen molar-refractivity contribution >= 4 is 0 Å². The minimum atomic E-state index is 0.867. The Morgan fingerprint density at radius 2 is 1.83 bits per heavy atom. The number of hydrogen-bond donors (Lipinski definition) is 1.